The van der Waals surface area contributed by atoms with Crippen LogP contribution in [0.3, 0.4) is 0 Å². The summed E-state index contributed by atoms with van der Waals surface area (Å²) in [5.74, 6) is -1.47. The summed E-state index contributed by atoms with van der Waals surface area (Å²) in [5, 5.41) is 21.0. The molecule has 0 saturated carbocycles. The van der Waals surface area contributed by atoms with Crippen molar-refractivity contribution in [3.63, 3.8) is 0 Å². The van der Waals surface area contributed by atoms with E-state index in [1.54, 1.807) is 42.5 Å². The number of ketones is 1. The maximum Gasteiger partial charge on any atom is 0.302 e. The quantitative estimate of drug-likeness (QED) is 0.251. The lowest BCUT2D eigenvalue weighted by Gasteiger charge is -2.23. The van der Waals surface area contributed by atoms with Crippen LogP contribution in [0.1, 0.15) is 17.2 Å². The second kappa shape index (κ2) is 7.83. The van der Waals surface area contributed by atoms with Gasteiger partial charge in [-0.25, -0.2) is 4.98 Å². The number of phenols is 1. The second-order valence-corrected chi connectivity index (χ2v) is 7.54. The first-order chi connectivity index (χ1) is 16.0. The number of fused-ring (bicyclic) bond motifs is 1. The van der Waals surface area contributed by atoms with Crippen molar-refractivity contribution >= 4 is 34.4 Å². The first-order valence-electron chi connectivity index (χ1n) is 10.2. The number of phenolic OH excluding ortho intramolecular Hbond substituents is 1. The molecule has 1 atom stereocenters. The van der Waals surface area contributed by atoms with Crippen LogP contribution in [-0.2, 0) is 9.59 Å². The van der Waals surface area contributed by atoms with E-state index < -0.39 is 17.7 Å². The smallest absolute Gasteiger partial charge is 0.302 e. The van der Waals surface area contributed by atoms with Gasteiger partial charge in [0.25, 0.3) is 5.78 Å². The number of aromatic hydroxyl groups is 1. The van der Waals surface area contributed by atoms with Crippen LogP contribution in [0.25, 0.3) is 16.8 Å². The van der Waals surface area contributed by atoms with E-state index in [-0.39, 0.29) is 28.6 Å². The maximum absolute atomic E-state index is 13.2. The molecule has 3 aromatic carbocycles. The van der Waals surface area contributed by atoms with Gasteiger partial charge in [0.15, 0.2) is 0 Å². The number of anilines is 1. The van der Waals surface area contributed by atoms with Crippen LogP contribution in [0.15, 0.2) is 78.4 Å². The van der Waals surface area contributed by atoms with E-state index in [0.29, 0.717) is 22.3 Å². The number of Topliss-reactive ketones (excluding diaryl/α,β-unsaturated/α-hetero) is 1. The van der Waals surface area contributed by atoms with E-state index in [2.05, 4.69) is 9.97 Å². The van der Waals surface area contributed by atoms with Crippen molar-refractivity contribution in [2.75, 3.05) is 12.0 Å². The highest BCUT2D eigenvalue weighted by Gasteiger charge is 2.48. The molecule has 8 nitrogen and oxygen atoms in total. The number of nitrogens with zero attached hydrogens (tertiary/aromatic N) is 2. The molecule has 0 spiro atoms. The Morgan fingerprint density at radius 2 is 1.70 bits per heavy atom. The van der Waals surface area contributed by atoms with Crippen LogP contribution in [-0.4, -0.2) is 39.0 Å². The first kappa shape index (κ1) is 20.3. The van der Waals surface area contributed by atoms with E-state index in [9.17, 15) is 19.8 Å². The Labute approximate surface area is 188 Å². The van der Waals surface area contributed by atoms with Gasteiger partial charge in [0.2, 0.25) is 5.95 Å². The number of para-hydroxylation sites is 3. The normalized spacial score (nSPS) is 17.6. The predicted octanol–water partition coefficient (Wildman–Crippen LogP) is 3.90. The standard InChI is InChI=1S/C25H19N3O5/c1-33-19-9-5-2-6-16(19)22(30)20-21(14-10-12-15(29)13-11-14)28(24(32)23(20)31)25-26-17-7-3-4-8-18(17)27-25/h2-13,21,29-30H,1H3,(H,26,27)/b22-20+. The van der Waals surface area contributed by atoms with Crippen LogP contribution in [0, 0.1) is 0 Å². The summed E-state index contributed by atoms with van der Waals surface area (Å²) in [7, 11) is 1.45. The fraction of sp³-hybridized carbons (Fsp3) is 0.0800. The number of ether oxygens (including phenoxy) is 1. The third-order valence-corrected chi connectivity index (χ3v) is 5.62. The van der Waals surface area contributed by atoms with Crippen molar-refractivity contribution in [2.45, 2.75) is 6.04 Å². The number of benzene rings is 3. The van der Waals surface area contributed by atoms with Crippen molar-refractivity contribution in [1.29, 1.82) is 0 Å². The molecule has 4 aromatic rings. The number of rotatable bonds is 4. The first-order valence-corrected chi connectivity index (χ1v) is 10.2. The number of amides is 1. The van der Waals surface area contributed by atoms with Gasteiger partial charge >= 0.3 is 5.91 Å². The minimum Gasteiger partial charge on any atom is -0.508 e. The molecular formula is C25H19N3O5. The molecule has 1 unspecified atom stereocenters. The molecule has 1 saturated heterocycles. The van der Waals surface area contributed by atoms with Crippen molar-refractivity contribution in [3.8, 4) is 11.5 Å². The van der Waals surface area contributed by atoms with Crippen molar-refractivity contribution in [1.82, 2.24) is 9.97 Å². The fourth-order valence-electron chi connectivity index (χ4n) is 4.06. The number of imidazole rings is 1. The lowest BCUT2D eigenvalue weighted by Crippen LogP contribution is -2.30. The molecule has 1 amide bonds. The molecule has 1 aromatic heterocycles. The molecule has 0 aliphatic carbocycles. The van der Waals surface area contributed by atoms with E-state index in [1.807, 2.05) is 18.2 Å². The zero-order valence-corrected chi connectivity index (χ0v) is 17.5. The molecule has 164 valence electrons. The average Bonchev–Trinajstić information content (AvgIpc) is 3.37. The fourth-order valence-corrected chi connectivity index (χ4v) is 4.06. The third-order valence-electron chi connectivity index (χ3n) is 5.62. The SMILES string of the molecule is COc1ccccc1/C(O)=C1\C(=O)C(=O)N(c2nc3ccccc3[nH]2)C1c1ccc(O)cc1. The Morgan fingerprint density at radius 3 is 2.42 bits per heavy atom. The highest BCUT2D eigenvalue weighted by molar-refractivity contribution is 6.51. The molecule has 2 heterocycles. The number of hydrogen-bond donors (Lipinski definition) is 3. The molecule has 5 rings (SSSR count). The number of carbonyl (C=O) groups is 2. The number of aromatic amines is 1. The summed E-state index contributed by atoms with van der Waals surface area (Å²) in [6.45, 7) is 0. The monoisotopic (exact) mass is 441 g/mol. The Balaban J connectivity index is 1.75. The minimum absolute atomic E-state index is 0.0316. The summed E-state index contributed by atoms with van der Waals surface area (Å²) in [4.78, 5) is 35.3. The number of carbonyl (C=O) groups excluding carboxylic acids is 2. The molecule has 3 N–H and O–H groups in total. The number of H-pyrrole nitrogens is 1. The predicted molar refractivity (Wildman–Crippen MR) is 122 cm³/mol. The molecular weight excluding hydrogens is 422 g/mol. The summed E-state index contributed by atoms with van der Waals surface area (Å²) < 4.78 is 5.34. The highest BCUT2D eigenvalue weighted by Crippen LogP contribution is 2.43. The zero-order valence-electron chi connectivity index (χ0n) is 17.5. The number of aliphatic hydroxyl groups is 1. The largest absolute Gasteiger partial charge is 0.508 e. The van der Waals surface area contributed by atoms with E-state index in [1.165, 1.54) is 24.1 Å². The van der Waals surface area contributed by atoms with Gasteiger partial charge in [-0.05, 0) is 42.0 Å². The molecule has 1 aliphatic heterocycles. The number of aliphatic hydroxyl groups excluding tert-OH is 1. The van der Waals surface area contributed by atoms with Crippen molar-refractivity contribution in [2.24, 2.45) is 0 Å². The minimum atomic E-state index is -0.976. The van der Waals surface area contributed by atoms with Crippen LogP contribution >= 0.6 is 0 Å². The van der Waals surface area contributed by atoms with Gasteiger partial charge in [0.1, 0.15) is 17.3 Å². The Hall–Kier alpha value is -4.59. The lowest BCUT2D eigenvalue weighted by atomic mass is 9.95. The van der Waals surface area contributed by atoms with Crippen LogP contribution in [0.2, 0.25) is 0 Å². The lowest BCUT2D eigenvalue weighted by molar-refractivity contribution is -0.132. The van der Waals surface area contributed by atoms with E-state index >= 15 is 0 Å². The molecule has 0 bridgehead atoms. The van der Waals surface area contributed by atoms with Gasteiger partial charge in [0.05, 0.1) is 35.3 Å². The molecule has 1 aliphatic rings. The van der Waals surface area contributed by atoms with Crippen LogP contribution in [0.5, 0.6) is 11.5 Å². The van der Waals surface area contributed by atoms with Gasteiger partial charge in [-0.3, -0.25) is 14.5 Å². The van der Waals surface area contributed by atoms with Gasteiger partial charge in [-0.2, -0.15) is 0 Å². The highest BCUT2D eigenvalue weighted by atomic mass is 16.5. The average molecular weight is 441 g/mol. The van der Waals surface area contributed by atoms with E-state index in [0.717, 1.165) is 0 Å². The Bertz CT molecular complexity index is 1390. The summed E-state index contributed by atoms with van der Waals surface area (Å²) in [6.07, 6.45) is 0. The van der Waals surface area contributed by atoms with Crippen LogP contribution < -0.4 is 9.64 Å². The third kappa shape index (κ3) is 3.28. The Morgan fingerprint density at radius 1 is 1.00 bits per heavy atom. The number of nitrogens with one attached hydrogen (secondary N) is 1. The number of methoxy groups -OCH3 is 1. The molecule has 0 radical (unpaired) electrons. The van der Waals surface area contributed by atoms with Gasteiger partial charge < -0.3 is 19.9 Å². The summed E-state index contributed by atoms with van der Waals surface area (Å²) >= 11 is 0. The van der Waals surface area contributed by atoms with Crippen molar-refractivity contribution < 1.29 is 24.5 Å². The van der Waals surface area contributed by atoms with Gasteiger partial charge in [0, 0.05) is 0 Å². The second-order valence-electron chi connectivity index (χ2n) is 7.54. The van der Waals surface area contributed by atoms with Crippen molar-refractivity contribution in [3.05, 3.63) is 89.5 Å². The van der Waals surface area contributed by atoms with Gasteiger partial charge in [-0.1, -0.05) is 36.4 Å². The molecule has 33 heavy (non-hydrogen) atoms. The Kier molecular flexibility index (Phi) is 4.82. The van der Waals surface area contributed by atoms with Crippen LogP contribution in [0.4, 0.5) is 5.95 Å². The summed E-state index contributed by atoms with van der Waals surface area (Å²) in [6, 6.07) is 19.1. The number of aromatic nitrogens is 2. The van der Waals surface area contributed by atoms with E-state index in [4.69, 9.17) is 4.74 Å². The molecule has 1 fully saturated rings. The zero-order chi connectivity index (χ0) is 23.1. The summed E-state index contributed by atoms with van der Waals surface area (Å²) in [5.41, 5.74) is 2.03. The topological polar surface area (TPSA) is 116 Å². The molecule has 8 heteroatoms. The van der Waals surface area contributed by atoms with Gasteiger partial charge in [-0.15, -0.1) is 0 Å². The maximum atomic E-state index is 13.2. The number of hydrogen-bond acceptors (Lipinski definition) is 6.